The Labute approximate surface area is 170 Å². The Kier molecular flexibility index (Phi) is 6.82. The van der Waals surface area contributed by atoms with E-state index in [4.69, 9.17) is 21.7 Å². The second-order valence-corrected chi connectivity index (χ2v) is 7.19. The van der Waals surface area contributed by atoms with E-state index in [0.29, 0.717) is 23.1 Å². The molecule has 1 aromatic rings. The highest BCUT2D eigenvalue weighted by atomic mass is 32.1. The molecule has 3 rings (SSSR count). The van der Waals surface area contributed by atoms with Gasteiger partial charge in [0.15, 0.2) is 5.11 Å². The minimum Gasteiger partial charge on any atom is -0.497 e. The number of hydrogen-bond donors (Lipinski definition) is 1. The number of amides is 2. The summed E-state index contributed by atoms with van der Waals surface area (Å²) in [5.74, 6) is 0.347. The molecule has 0 radical (unpaired) electrons. The third kappa shape index (κ3) is 4.78. The molecule has 1 N–H and O–H groups in total. The lowest BCUT2D eigenvalue weighted by Gasteiger charge is -2.30. The number of ether oxygens (including phenoxy) is 2. The highest BCUT2D eigenvalue weighted by Crippen LogP contribution is 2.21. The summed E-state index contributed by atoms with van der Waals surface area (Å²) in [7, 11) is 3.25. The maximum atomic E-state index is 12.6. The molecular formula is C19H26N4O4S. The van der Waals surface area contributed by atoms with Gasteiger partial charge in [-0.1, -0.05) is 0 Å². The number of methoxy groups -OCH3 is 1. The Morgan fingerprint density at radius 3 is 2.57 bits per heavy atom. The van der Waals surface area contributed by atoms with Crippen molar-refractivity contribution >= 4 is 34.8 Å². The van der Waals surface area contributed by atoms with Crippen molar-refractivity contribution in [2.24, 2.45) is 0 Å². The summed E-state index contributed by atoms with van der Waals surface area (Å²) in [6.07, 6.45) is 0.0540. The topological polar surface area (TPSA) is 74.4 Å². The number of carbonyl (C=O) groups excluding carboxylic acids is 2. The maximum absolute atomic E-state index is 12.6. The molecule has 0 aliphatic carbocycles. The zero-order valence-electron chi connectivity index (χ0n) is 16.2. The van der Waals surface area contributed by atoms with Crippen molar-refractivity contribution in [1.82, 2.24) is 14.7 Å². The number of nitrogens with one attached hydrogen (secondary N) is 1. The fraction of sp³-hybridized carbons (Fsp3) is 0.526. The number of hydrogen-bond acceptors (Lipinski definition) is 6. The molecule has 0 aromatic heterocycles. The van der Waals surface area contributed by atoms with Crippen LogP contribution in [0.2, 0.25) is 0 Å². The predicted molar refractivity (Wildman–Crippen MR) is 109 cm³/mol. The third-order valence-electron chi connectivity index (χ3n) is 5.04. The summed E-state index contributed by atoms with van der Waals surface area (Å²) in [6.45, 7) is 4.56. The molecule has 28 heavy (non-hydrogen) atoms. The van der Waals surface area contributed by atoms with Crippen LogP contribution in [0.15, 0.2) is 24.3 Å². The first-order chi connectivity index (χ1) is 13.5. The lowest BCUT2D eigenvalue weighted by atomic mass is 10.1. The zero-order chi connectivity index (χ0) is 20.1. The molecular weight excluding hydrogens is 380 g/mol. The maximum Gasteiger partial charge on any atom is 0.251 e. The van der Waals surface area contributed by atoms with Crippen LogP contribution < -0.4 is 10.1 Å². The molecule has 0 bridgehead atoms. The Balaban J connectivity index is 1.60. The lowest BCUT2D eigenvalue weighted by molar-refractivity contribution is -0.130. The van der Waals surface area contributed by atoms with E-state index in [-0.39, 0.29) is 18.2 Å². The summed E-state index contributed by atoms with van der Waals surface area (Å²) < 4.78 is 10.5. The fourth-order valence-electron chi connectivity index (χ4n) is 3.36. The molecule has 2 heterocycles. The van der Waals surface area contributed by atoms with E-state index in [1.54, 1.807) is 38.4 Å². The molecule has 0 saturated carbocycles. The van der Waals surface area contributed by atoms with Crippen LogP contribution in [0.3, 0.4) is 0 Å². The summed E-state index contributed by atoms with van der Waals surface area (Å²) in [6, 6.07) is 6.50. The van der Waals surface area contributed by atoms with Gasteiger partial charge in [0, 0.05) is 38.9 Å². The Morgan fingerprint density at radius 2 is 1.93 bits per heavy atom. The van der Waals surface area contributed by atoms with Crippen LogP contribution in [-0.4, -0.2) is 91.2 Å². The van der Waals surface area contributed by atoms with Gasteiger partial charge in [-0.3, -0.25) is 19.4 Å². The van der Waals surface area contributed by atoms with Gasteiger partial charge < -0.3 is 19.7 Å². The minimum absolute atomic E-state index is 0.0540. The van der Waals surface area contributed by atoms with Gasteiger partial charge in [-0.05, 0) is 36.5 Å². The standard InChI is InChI=1S/C19H26N4O4S/c1-21-18(25)16(13-17(24)20-14-3-5-15(26-2)6-4-14)23(19(21)28)8-7-22-9-11-27-12-10-22/h3-6,16H,7-13H2,1-2H3,(H,20,24)/t16-/m0/s1. The highest BCUT2D eigenvalue weighted by Gasteiger charge is 2.41. The fourth-order valence-corrected chi connectivity index (χ4v) is 3.67. The number of thiocarbonyl (C=S) groups is 1. The molecule has 2 fully saturated rings. The minimum atomic E-state index is -0.572. The van der Waals surface area contributed by atoms with E-state index in [9.17, 15) is 9.59 Å². The van der Waals surface area contributed by atoms with Crippen LogP contribution >= 0.6 is 12.2 Å². The number of rotatable bonds is 7. The number of benzene rings is 1. The van der Waals surface area contributed by atoms with Crippen LogP contribution in [0.4, 0.5) is 5.69 Å². The van der Waals surface area contributed by atoms with Crippen LogP contribution in [0.25, 0.3) is 0 Å². The Morgan fingerprint density at radius 1 is 1.25 bits per heavy atom. The van der Waals surface area contributed by atoms with Gasteiger partial charge in [0.05, 0.1) is 26.7 Å². The molecule has 0 unspecified atom stereocenters. The summed E-state index contributed by atoms with van der Waals surface area (Å²) in [4.78, 5) is 30.7. The van der Waals surface area contributed by atoms with E-state index in [1.165, 1.54) is 4.90 Å². The molecule has 2 amide bonds. The number of carbonyl (C=O) groups is 2. The number of likely N-dealkylation sites (N-methyl/N-ethyl adjacent to an activating group) is 1. The van der Waals surface area contributed by atoms with E-state index in [2.05, 4.69) is 10.2 Å². The van der Waals surface area contributed by atoms with Gasteiger partial charge in [-0.15, -0.1) is 0 Å². The van der Waals surface area contributed by atoms with Crippen LogP contribution in [0, 0.1) is 0 Å². The quantitative estimate of drug-likeness (QED) is 0.671. The molecule has 2 aliphatic rings. The second kappa shape index (κ2) is 9.31. The second-order valence-electron chi connectivity index (χ2n) is 6.82. The summed E-state index contributed by atoms with van der Waals surface area (Å²) in [5.41, 5.74) is 0.659. The third-order valence-corrected chi connectivity index (χ3v) is 5.55. The molecule has 8 nitrogen and oxygen atoms in total. The first-order valence-electron chi connectivity index (χ1n) is 9.32. The van der Waals surface area contributed by atoms with Crippen molar-refractivity contribution in [2.75, 3.05) is 58.9 Å². The zero-order valence-corrected chi connectivity index (χ0v) is 17.0. The number of anilines is 1. The molecule has 152 valence electrons. The van der Waals surface area contributed by atoms with Crippen LogP contribution in [-0.2, 0) is 14.3 Å². The smallest absolute Gasteiger partial charge is 0.251 e. The molecule has 2 aliphatic heterocycles. The summed E-state index contributed by atoms with van der Waals surface area (Å²) >= 11 is 5.44. The molecule has 2 saturated heterocycles. The monoisotopic (exact) mass is 406 g/mol. The van der Waals surface area contributed by atoms with Gasteiger partial charge in [-0.25, -0.2) is 0 Å². The molecule has 1 atom stereocenters. The van der Waals surface area contributed by atoms with Crippen molar-refractivity contribution in [1.29, 1.82) is 0 Å². The largest absolute Gasteiger partial charge is 0.497 e. The number of nitrogens with zero attached hydrogens (tertiary/aromatic N) is 3. The van der Waals surface area contributed by atoms with Crippen LogP contribution in [0.1, 0.15) is 6.42 Å². The van der Waals surface area contributed by atoms with Crippen molar-refractivity contribution < 1.29 is 19.1 Å². The number of morpholine rings is 1. The van der Waals surface area contributed by atoms with Gasteiger partial charge >= 0.3 is 0 Å². The van der Waals surface area contributed by atoms with Crippen LogP contribution in [0.5, 0.6) is 5.75 Å². The average molecular weight is 407 g/mol. The van der Waals surface area contributed by atoms with Gasteiger partial charge in [0.2, 0.25) is 5.91 Å². The van der Waals surface area contributed by atoms with Gasteiger partial charge in [0.25, 0.3) is 5.91 Å². The first kappa shape index (κ1) is 20.5. The normalized spacial score (nSPS) is 20.6. The van der Waals surface area contributed by atoms with Crippen molar-refractivity contribution in [3.05, 3.63) is 24.3 Å². The van der Waals surface area contributed by atoms with E-state index >= 15 is 0 Å². The van der Waals surface area contributed by atoms with Crippen molar-refractivity contribution in [2.45, 2.75) is 12.5 Å². The molecule has 9 heteroatoms. The first-order valence-corrected chi connectivity index (χ1v) is 9.72. The van der Waals surface area contributed by atoms with Gasteiger partial charge in [-0.2, -0.15) is 0 Å². The highest BCUT2D eigenvalue weighted by molar-refractivity contribution is 7.80. The SMILES string of the molecule is COc1ccc(NC(=O)C[C@H]2C(=O)N(C)C(=S)N2CCN2CCOCC2)cc1. The molecule has 1 aromatic carbocycles. The van der Waals surface area contributed by atoms with Crippen molar-refractivity contribution in [3.63, 3.8) is 0 Å². The van der Waals surface area contributed by atoms with Gasteiger partial charge in [0.1, 0.15) is 11.8 Å². The van der Waals surface area contributed by atoms with E-state index in [0.717, 1.165) is 32.8 Å². The average Bonchev–Trinajstić information content (AvgIpc) is 2.91. The predicted octanol–water partition coefficient (Wildman–Crippen LogP) is 0.784. The van der Waals surface area contributed by atoms with Crippen molar-refractivity contribution in [3.8, 4) is 5.75 Å². The Hall–Kier alpha value is -2.23. The summed E-state index contributed by atoms with van der Waals surface area (Å²) in [5, 5.41) is 3.31. The Bertz CT molecular complexity index is 721. The molecule has 0 spiro atoms. The van der Waals surface area contributed by atoms with E-state index in [1.807, 2.05) is 4.90 Å². The lowest BCUT2D eigenvalue weighted by Crippen LogP contribution is -2.45. The van der Waals surface area contributed by atoms with E-state index < -0.39 is 6.04 Å².